The highest BCUT2D eigenvalue weighted by atomic mass is 35.5. The summed E-state index contributed by atoms with van der Waals surface area (Å²) >= 11 is 11.9. The van der Waals surface area contributed by atoms with E-state index in [1.165, 1.54) is 24.3 Å². The Morgan fingerprint density at radius 3 is 2.16 bits per heavy atom. The van der Waals surface area contributed by atoms with Crippen molar-refractivity contribution in [3.8, 4) is 11.3 Å². The molecule has 0 aliphatic heterocycles. The van der Waals surface area contributed by atoms with Gasteiger partial charge in [0.2, 0.25) is 10.0 Å². The largest absolute Gasteiger partial charge is 0.453 e. The van der Waals surface area contributed by atoms with E-state index in [4.69, 9.17) is 32.8 Å². The number of carbonyl (C=O) groups excluding carboxylic acids is 1. The Morgan fingerprint density at radius 1 is 1.16 bits per heavy atom. The molecule has 19 heavy (non-hydrogen) atoms. The molecule has 2 N–H and O–H groups in total. The third-order valence-electron chi connectivity index (χ3n) is 2.33. The highest BCUT2D eigenvalue weighted by Gasteiger charge is 2.18. The van der Waals surface area contributed by atoms with Crippen molar-refractivity contribution in [3.63, 3.8) is 0 Å². The van der Waals surface area contributed by atoms with Crippen LogP contribution in [-0.2, 0) is 10.0 Å². The van der Waals surface area contributed by atoms with Crippen molar-refractivity contribution < 1.29 is 17.6 Å². The molecule has 2 rings (SSSR count). The summed E-state index contributed by atoms with van der Waals surface area (Å²) in [4.78, 5) is 10.4. The summed E-state index contributed by atoms with van der Waals surface area (Å²) in [6.45, 7) is 0. The first-order valence-corrected chi connectivity index (χ1v) is 7.20. The van der Waals surface area contributed by atoms with Crippen LogP contribution in [0.5, 0.6) is 0 Å². The van der Waals surface area contributed by atoms with Gasteiger partial charge in [-0.25, -0.2) is 13.6 Å². The van der Waals surface area contributed by atoms with Crippen LogP contribution in [0.4, 0.5) is 0 Å². The van der Waals surface area contributed by atoms with Crippen LogP contribution in [0.3, 0.4) is 0 Å². The molecule has 0 unspecified atom stereocenters. The van der Waals surface area contributed by atoms with Crippen molar-refractivity contribution >= 4 is 39.5 Å². The molecule has 1 aromatic carbocycles. The number of furan rings is 1. The molecule has 0 spiro atoms. The van der Waals surface area contributed by atoms with Crippen molar-refractivity contribution in [2.24, 2.45) is 5.14 Å². The molecule has 0 radical (unpaired) electrons. The van der Waals surface area contributed by atoms with Gasteiger partial charge < -0.3 is 4.42 Å². The number of nitrogens with two attached hydrogens (primary N) is 1. The van der Waals surface area contributed by atoms with Crippen molar-refractivity contribution in [1.29, 1.82) is 0 Å². The van der Waals surface area contributed by atoms with E-state index in [9.17, 15) is 13.2 Å². The Labute approximate surface area is 119 Å². The van der Waals surface area contributed by atoms with Gasteiger partial charge in [-0.2, -0.15) is 0 Å². The average Bonchev–Trinajstić information content (AvgIpc) is 2.75. The summed E-state index contributed by atoms with van der Waals surface area (Å²) in [7, 11) is -3.90. The summed E-state index contributed by atoms with van der Waals surface area (Å²) in [6, 6.07) is 5.29. The highest BCUT2D eigenvalue weighted by molar-refractivity contribution is 7.89. The van der Waals surface area contributed by atoms with Crippen LogP contribution in [0.1, 0.15) is 10.6 Å². The maximum absolute atomic E-state index is 11.2. The Balaban J connectivity index is 2.63. The van der Waals surface area contributed by atoms with E-state index in [1.54, 1.807) is 0 Å². The van der Waals surface area contributed by atoms with Crippen molar-refractivity contribution in [2.75, 3.05) is 0 Å². The monoisotopic (exact) mass is 319 g/mol. The number of aldehydes is 1. The minimum atomic E-state index is -3.90. The normalized spacial score (nSPS) is 11.5. The van der Waals surface area contributed by atoms with E-state index in [1.807, 2.05) is 0 Å². The van der Waals surface area contributed by atoms with E-state index in [-0.39, 0.29) is 26.5 Å². The molecule has 2 aromatic rings. The predicted octanol–water partition coefficient (Wildman–Crippen LogP) is 2.71. The van der Waals surface area contributed by atoms with Gasteiger partial charge in [0.05, 0.1) is 20.5 Å². The molecular weight excluding hydrogens is 313 g/mol. The molecule has 0 bridgehead atoms. The fourth-order valence-corrected chi connectivity index (χ4v) is 2.87. The number of hydrogen-bond donors (Lipinski definition) is 1. The van der Waals surface area contributed by atoms with E-state index >= 15 is 0 Å². The topological polar surface area (TPSA) is 90.4 Å². The Bertz CT molecular complexity index is 729. The standard InChI is InChI=1S/C11H7Cl2NO4S/c12-8-3-7(19(14,16)17)4-9(13)11(8)10-2-1-6(5-15)18-10/h1-5H,(H2,14,16,17). The molecule has 100 valence electrons. The Hall–Kier alpha value is -1.34. The van der Waals surface area contributed by atoms with E-state index in [0.29, 0.717) is 11.8 Å². The number of benzene rings is 1. The Morgan fingerprint density at radius 2 is 1.74 bits per heavy atom. The predicted molar refractivity (Wildman–Crippen MR) is 70.9 cm³/mol. The number of hydrogen-bond acceptors (Lipinski definition) is 4. The lowest BCUT2D eigenvalue weighted by Gasteiger charge is -2.06. The van der Waals surface area contributed by atoms with Crippen LogP contribution in [0.15, 0.2) is 33.6 Å². The number of primary sulfonamides is 1. The molecule has 0 saturated carbocycles. The summed E-state index contributed by atoms with van der Waals surface area (Å²) < 4.78 is 27.6. The van der Waals surface area contributed by atoms with Crippen LogP contribution >= 0.6 is 23.2 Å². The lowest BCUT2D eigenvalue weighted by Crippen LogP contribution is -2.12. The second-order valence-electron chi connectivity index (χ2n) is 3.63. The number of halogens is 2. The number of rotatable bonds is 3. The summed E-state index contributed by atoms with van der Waals surface area (Å²) in [6.07, 6.45) is 0.532. The molecule has 0 fully saturated rings. The summed E-state index contributed by atoms with van der Waals surface area (Å²) in [5.74, 6) is 0.371. The molecule has 8 heteroatoms. The SMILES string of the molecule is NS(=O)(=O)c1cc(Cl)c(-c2ccc(C=O)o2)c(Cl)c1. The number of carbonyl (C=O) groups is 1. The van der Waals surface area contributed by atoms with Gasteiger partial charge in [0.15, 0.2) is 12.0 Å². The lowest BCUT2D eigenvalue weighted by molar-refractivity contribution is 0.110. The van der Waals surface area contributed by atoms with Crippen LogP contribution in [0.2, 0.25) is 10.0 Å². The molecule has 0 aliphatic carbocycles. The second-order valence-corrected chi connectivity index (χ2v) is 6.00. The van der Waals surface area contributed by atoms with Crippen molar-refractivity contribution in [1.82, 2.24) is 0 Å². The maximum atomic E-state index is 11.2. The summed E-state index contributed by atoms with van der Waals surface area (Å²) in [5, 5.41) is 5.11. The number of sulfonamides is 1. The molecule has 1 aromatic heterocycles. The molecule has 1 heterocycles. The maximum Gasteiger partial charge on any atom is 0.238 e. The molecule has 0 atom stereocenters. The zero-order chi connectivity index (χ0) is 14.2. The van der Waals surface area contributed by atoms with Crippen LogP contribution in [0, 0.1) is 0 Å². The van der Waals surface area contributed by atoms with E-state index in [2.05, 4.69) is 0 Å². The van der Waals surface area contributed by atoms with Crippen LogP contribution in [-0.4, -0.2) is 14.7 Å². The first kappa shape index (κ1) is 14.1. The highest BCUT2D eigenvalue weighted by Crippen LogP contribution is 2.37. The third-order valence-corrected chi connectivity index (χ3v) is 3.82. The van der Waals surface area contributed by atoms with E-state index < -0.39 is 10.0 Å². The first-order chi connectivity index (χ1) is 8.82. The minimum absolute atomic E-state index is 0.0586. The molecule has 0 aliphatic rings. The van der Waals surface area contributed by atoms with Gasteiger partial charge >= 0.3 is 0 Å². The van der Waals surface area contributed by atoms with Gasteiger partial charge in [-0.1, -0.05) is 23.2 Å². The fourth-order valence-electron chi connectivity index (χ4n) is 1.50. The third kappa shape index (κ3) is 2.82. The minimum Gasteiger partial charge on any atom is -0.453 e. The molecule has 0 amide bonds. The fraction of sp³-hybridized carbons (Fsp3) is 0. The van der Waals surface area contributed by atoms with Gasteiger partial charge in [0.1, 0.15) is 5.76 Å². The Kier molecular flexibility index (Phi) is 3.69. The van der Waals surface area contributed by atoms with Crippen molar-refractivity contribution in [3.05, 3.63) is 40.1 Å². The van der Waals surface area contributed by atoms with Crippen LogP contribution < -0.4 is 5.14 Å². The van der Waals surface area contributed by atoms with Gasteiger partial charge in [0, 0.05) is 0 Å². The van der Waals surface area contributed by atoms with E-state index in [0.717, 1.165) is 0 Å². The van der Waals surface area contributed by atoms with Gasteiger partial charge in [-0.05, 0) is 24.3 Å². The average molecular weight is 320 g/mol. The zero-order valence-electron chi connectivity index (χ0n) is 9.26. The summed E-state index contributed by atoms with van der Waals surface area (Å²) in [5.41, 5.74) is 0.295. The molecule has 0 saturated heterocycles. The van der Waals surface area contributed by atoms with Gasteiger partial charge in [0.25, 0.3) is 0 Å². The molecule has 5 nitrogen and oxygen atoms in total. The quantitative estimate of drug-likeness (QED) is 0.880. The smallest absolute Gasteiger partial charge is 0.238 e. The zero-order valence-corrected chi connectivity index (χ0v) is 11.6. The second kappa shape index (κ2) is 4.97. The van der Waals surface area contributed by atoms with Gasteiger partial charge in [-0.3, -0.25) is 4.79 Å². The lowest BCUT2D eigenvalue weighted by atomic mass is 10.2. The van der Waals surface area contributed by atoms with Crippen molar-refractivity contribution in [2.45, 2.75) is 4.90 Å². The molecular formula is C11H7Cl2NO4S. The van der Waals surface area contributed by atoms with Crippen LogP contribution in [0.25, 0.3) is 11.3 Å². The first-order valence-electron chi connectivity index (χ1n) is 4.90. The van der Waals surface area contributed by atoms with Gasteiger partial charge in [-0.15, -0.1) is 0 Å².